The standard InChI is InChI=1S/C10H21NOS/c1-2-13(12)8-10(11)9-6-4-3-5-7-9/h9-10H,2-8,11H2,1H3. The second-order valence-electron chi connectivity index (χ2n) is 3.96. The minimum absolute atomic E-state index is 0.182. The van der Waals surface area contributed by atoms with E-state index < -0.39 is 10.8 Å². The average Bonchev–Trinajstić information content (AvgIpc) is 2.19. The van der Waals surface area contributed by atoms with E-state index in [1.807, 2.05) is 6.92 Å². The largest absolute Gasteiger partial charge is 0.327 e. The zero-order valence-corrected chi connectivity index (χ0v) is 9.31. The van der Waals surface area contributed by atoms with Gasteiger partial charge in [-0.1, -0.05) is 26.2 Å². The molecular formula is C10H21NOS. The molecule has 1 fully saturated rings. The average molecular weight is 203 g/mol. The summed E-state index contributed by atoms with van der Waals surface area (Å²) >= 11 is 0. The van der Waals surface area contributed by atoms with Crippen LogP contribution in [0.3, 0.4) is 0 Å². The van der Waals surface area contributed by atoms with Gasteiger partial charge < -0.3 is 5.73 Å². The van der Waals surface area contributed by atoms with Crippen molar-refractivity contribution in [1.82, 2.24) is 0 Å². The minimum Gasteiger partial charge on any atom is -0.327 e. The fourth-order valence-corrected chi connectivity index (χ4v) is 2.97. The molecule has 0 radical (unpaired) electrons. The third-order valence-electron chi connectivity index (χ3n) is 2.96. The van der Waals surface area contributed by atoms with Crippen molar-refractivity contribution in [1.29, 1.82) is 0 Å². The van der Waals surface area contributed by atoms with Crippen molar-refractivity contribution in [3.05, 3.63) is 0 Å². The van der Waals surface area contributed by atoms with Crippen LogP contribution in [-0.2, 0) is 10.8 Å². The summed E-state index contributed by atoms with van der Waals surface area (Å²) in [7, 11) is -0.684. The van der Waals surface area contributed by atoms with Crippen LogP contribution >= 0.6 is 0 Å². The van der Waals surface area contributed by atoms with E-state index in [0.29, 0.717) is 11.7 Å². The van der Waals surface area contributed by atoms with Gasteiger partial charge in [0.05, 0.1) is 0 Å². The molecule has 0 aromatic carbocycles. The molecule has 0 bridgehead atoms. The van der Waals surface area contributed by atoms with Crippen LogP contribution in [0.1, 0.15) is 39.0 Å². The van der Waals surface area contributed by atoms with Gasteiger partial charge in [0.25, 0.3) is 0 Å². The second kappa shape index (κ2) is 5.76. The van der Waals surface area contributed by atoms with Crippen molar-refractivity contribution in [2.75, 3.05) is 11.5 Å². The van der Waals surface area contributed by atoms with E-state index in [4.69, 9.17) is 5.73 Å². The lowest BCUT2D eigenvalue weighted by molar-refractivity contribution is 0.318. The first-order chi connectivity index (χ1) is 6.24. The van der Waals surface area contributed by atoms with Crippen molar-refractivity contribution in [2.24, 2.45) is 11.7 Å². The highest BCUT2D eigenvalue weighted by molar-refractivity contribution is 7.84. The Morgan fingerprint density at radius 3 is 2.54 bits per heavy atom. The molecule has 1 aliphatic carbocycles. The minimum atomic E-state index is -0.684. The predicted octanol–water partition coefficient (Wildman–Crippen LogP) is 1.66. The Balaban J connectivity index is 2.28. The van der Waals surface area contributed by atoms with E-state index in [2.05, 4.69) is 0 Å². The molecule has 0 aromatic rings. The fraction of sp³-hybridized carbons (Fsp3) is 1.00. The number of hydrogen-bond donors (Lipinski definition) is 1. The van der Waals surface area contributed by atoms with E-state index in [0.717, 1.165) is 5.75 Å². The lowest BCUT2D eigenvalue weighted by Gasteiger charge is -2.26. The quantitative estimate of drug-likeness (QED) is 0.755. The Kier molecular flexibility index (Phi) is 4.96. The molecule has 1 rings (SSSR count). The highest BCUT2D eigenvalue weighted by Gasteiger charge is 2.21. The van der Waals surface area contributed by atoms with Gasteiger partial charge in [0.2, 0.25) is 0 Å². The first-order valence-corrected chi connectivity index (χ1v) is 6.83. The van der Waals surface area contributed by atoms with Gasteiger partial charge in [-0.2, -0.15) is 0 Å². The molecule has 0 aromatic heterocycles. The number of hydrogen-bond acceptors (Lipinski definition) is 2. The van der Waals surface area contributed by atoms with Crippen molar-refractivity contribution in [3.63, 3.8) is 0 Å². The van der Waals surface area contributed by atoms with Gasteiger partial charge in [0.15, 0.2) is 0 Å². The van der Waals surface area contributed by atoms with Crippen molar-refractivity contribution < 1.29 is 4.21 Å². The highest BCUT2D eigenvalue weighted by atomic mass is 32.2. The van der Waals surface area contributed by atoms with Crippen molar-refractivity contribution in [3.8, 4) is 0 Å². The van der Waals surface area contributed by atoms with Gasteiger partial charge in [-0.25, -0.2) is 0 Å². The SMILES string of the molecule is CCS(=O)CC(N)C1CCCCC1. The molecule has 1 aliphatic rings. The molecule has 2 atom stereocenters. The van der Waals surface area contributed by atoms with Crippen LogP contribution in [0, 0.1) is 5.92 Å². The smallest absolute Gasteiger partial charge is 0.0389 e. The Hall–Kier alpha value is 0.110. The van der Waals surface area contributed by atoms with Crippen LogP contribution in [0.2, 0.25) is 0 Å². The Bertz CT molecular complexity index is 166. The Labute approximate surface area is 83.7 Å². The van der Waals surface area contributed by atoms with Crippen LogP contribution in [0.5, 0.6) is 0 Å². The zero-order valence-electron chi connectivity index (χ0n) is 8.50. The molecule has 0 saturated heterocycles. The first kappa shape index (κ1) is 11.2. The molecule has 3 heteroatoms. The molecule has 2 nitrogen and oxygen atoms in total. The maximum Gasteiger partial charge on any atom is 0.0389 e. The Morgan fingerprint density at radius 1 is 1.38 bits per heavy atom. The van der Waals surface area contributed by atoms with Crippen LogP contribution < -0.4 is 5.73 Å². The topological polar surface area (TPSA) is 43.1 Å². The third-order valence-corrected chi connectivity index (χ3v) is 4.36. The molecule has 0 spiro atoms. The highest BCUT2D eigenvalue weighted by Crippen LogP contribution is 2.25. The summed E-state index contributed by atoms with van der Waals surface area (Å²) in [6.07, 6.45) is 6.50. The van der Waals surface area contributed by atoms with Gasteiger partial charge in [-0.3, -0.25) is 4.21 Å². The van der Waals surface area contributed by atoms with Gasteiger partial charge in [-0.15, -0.1) is 0 Å². The summed E-state index contributed by atoms with van der Waals surface area (Å²) in [6.45, 7) is 1.96. The molecule has 2 unspecified atom stereocenters. The number of nitrogens with two attached hydrogens (primary N) is 1. The van der Waals surface area contributed by atoms with E-state index in [9.17, 15) is 4.21 Å². The molecule has 1 saturated carbocycles. The van der Waals surface area contributed by atoms with Crippen LogP contribution in [0.25, 0.3) is 0 Å². The lowest BCUT2D eigenvalue weighted by Crippen LogP contribution is -2.36. The van der Waals surface area contributed by atoms with E-state index in [-0.39, 0.29) is 6.04 Å². The monoisotopic (exact) mass is 203 g/mol. The zero-order chi connectivity index (χ0) is 9.68. The van der Waals surface area contributed by atoms with Crippen LogP contribution in [-0.4, -0.2) is 21.8 Å². The van der Waals surface area contributed by atoms with Crippen molar-refractivity contribution in [2.45, 2.75) is 45.1 Å². The Morgan fingerprint density at radius 2 is 2.00 bits per heavy atom. The molecule has 0 amide bonds. The number of rotatable bonds is 4. The maximum atomic E-state index is 11.3. The molecule has 13 heavy (non-hydrogen) atoms. The van der Waals surface area contributed by atoms with E-state index in [1.165, 1.54) is 32.1 Å². The summed E-state index contributed by atoms with van der Waals surface area (Å²) in [5, 5.41) is 0. The normalized spacial score (nSPS) is 24.2. The van der Waals surface area contributed by atoms with Crippen LogP contribution in [0.4, 0.5) is 0 Å². The lowest BCUT2D eigenvalue weighted by atomic mass is 9.85. The summed E-state index contributed by atoms with van der Waals surface area (Å²) in [5.41, 5.74) is 6.03. The summed E-state index contributed by atoms with van der Waals surface area (Å²) in [6, 6.07) is 0.182. The van der Waals surface area contributed by atoms with E-state index >= 15 is 0 Å². The van der Waals surface area contributed by atoms with Gasteiger partial charge in [-0.05, 0) is 18.8 Å². The molecule has 0 aliphatic heterocycles. The van der Waals surface area contributed by atoms with E-state index in [1.54, 1.807) is 0 Å². The molecule has 2 N–H and O–H groups in total. The molecule has 0 heterocycles. The predicted molar refractivity (Wildman–Crippen MR) is 58.1 cm³/mol. The van der Waals surface area contributed by atoms with Gasteiger partial charge >= 0.3 is 0 Å². The third kappa shape index (κ3) is 3.77. The fourth-order valence-electron chi connectivity index (χ4n) is 2.03. The summed E-state index contributed by atoms with van der Waals surface area (Å²) < 4.78 is 11.3. The molecular weight excluding hydrogens is 182 g/mol. The van der Waals surface area contributed by atoms with Gasteiger partial charge in [0, 0.05) is 28.3 Å². The van der Waals surface area contributed by atoms with Gasteiger partial charge in [0.1, 0.15) is 0 Å². The molecule has 78 valence electrons. The summed E-state index contributed by atoms with van der Waals surface area (Å²) in [5.74, 6) is 2.10. The maximum absolute atomic E-state index is 11.3. The summed E-state index contributed by atoms with van der Waals surface area (Å²) in [4.78, 5) is 0. The first-order valence-electron chi connectivity index (χ1n) is 5.34. The van der Waals surface area contributed by atoms with Crippen LogP contribution in [0.15, 0.2) is 0 Å². The van der Waals surface area contributed by atoms with Crippen molar-refractivity contribution >= 4 is 10.8 Å². The second-order valence-corrected chi connectivity index (χ2v) is 5.75.